The Hall–Kier alpha value is -0.0800. The van der Waals surface area contributed by atoms with Crippen molar-refractivity contribution in [2.45, 2.75) is 79.1 Å². The lowest BCUT2D eigenvalue weighted by Crippen LogP contribution is -2.31. The molecule has 3 unspecified atom stereocenters. The smallest absolute Gasteiger partial charge is 0.0841 e. The van der Waals surface area contributed by atoms with Crippen LogP contribution in [0, 0.1) is 11.3 Å². The van der Waals surface area contributed by atoms with Gasteiger partial charge in [0.1, 0.15) is 0 Å². The molecule has 1 aliphatic rings. The van der Waals surface area contributed by atoms with Gasteiger partial charge >= 0.3 is 0 Å². The normalized spacial score (nSPS) is 30.9. The van der Waals surface area contributed by atoms with Crippen LogP contribution in [0.3, 0.4) is 0 Å². The van der Waals surface area contributed by atoms with Crippen LogP contribution in [0.4, 0.5) is 0 Å². The summed E-state index contributed by atoms with van der Waals surface area (Å²) in [7, 11) is 0. The Balaban J connectivity index is 2.51. The lowest BCUT2D eigenvalue weighted by molar-refractivity contribution is -0.0774. The highest BCUT2D eigenvalue weighted by molar-refractivity contribution is 4.84. The van der Waals surface area contributed by atoms with Gasteiger partial charge in [0.05, 0.1) is 24.4 Å². The fourth-order valence-corrected chi connectivity index (χ4v) is 2.55. The largest absolute Gasteiger partial charge is 0.373 e. The van der Waals surface area contributed by atoms with Gasteiger partial charge in [0, 0.05) is 0 Å². The standard InChI is InChI=1S/C15H30O2/c1-11-8-12(9-14(2,3)4)13(17-11)10-16-15(5,6)7/h11-13H,8-10H2,1-7H3. The maximum Gasteiger partial charge on any atom is 0.0841 e. The minimum Gasteiger partial charge on any atom is -0.373 e. The van der Waals surface area contributed by atoms with E-state index in [0.717, 1.165) is 6.61 Å². The Morgan fingerprint density at radius 2 is 1.71 bits per heavy atom. The number of ether oxygens (including phenoxy) is 2. The van der Waals surface area contributed by atoms with E-state index in [4.69, 9.17) is 9.47 Å². The third-order valence-electron chi connectivity index (χ3n) is 3.12. The summed E-state index contributed by atoms with van der Waals surface area (Å²) in [5, 5.41) is 0. The molecule has 0 aromatic carbocycles. The summed E-state index contributed by atoms with van der Waals surface area (Å²) >= 11 is 0. The van der Waals surface area contributed by atoms with Crippen LogP contribution in [0.15, 0.2) is 0 Å². The number of hydrogen-bond donors (Lipinski definition) is 0. The lowest BCUT2D eigenvalue weighted by atomic mass is 9.81. The van der Waals surface area contributed by atoms with Gasteiger partial charge < -0.3 is 9.47 Å². The van der Waals surface area contributed by atoms with Crippen molar-refractivity contribution in [3.8, 4) is 0 Å². The summed E-state index contributed by atoms with van der Waals surface area (Å²) in [6.07, 6.45) is 3.06. The summed E-state index contributed by atoms with van der Waals surface area (Å²) in [6.45, 7) is 16.1. The molecule has 0 radical (unpaired) electrons. The van der Waals surface area contributed by atoms with E-state index in [-0.39, 0.29) is 11.7 Å². The average molecular weight is 242 g/mol. The average Bonchev–Trinajstić information content (AvgIpc) is 2.38. The lowest BCUT2D eigenvalue weighted by Gasteiger charge is -2.28. The molecular weight excluding hydrogens is 212 g/mol. The van der Waals surface area contributed by atoms with Gasteiger partial charge in [0.15, 0.2) is 0 Å². The molecule has 2 nitrogen and oxygen atoms in total. The first-order valence-electron chi connectivity index (χ1n) is 6.86. The van der Waals surface area contributed by atoms with Crippen molar-refractivity contribution in [3.05, 3.63) is 0 Å². The Morgan fingerprint density at radius 3 is 2.18 bits per heavy atom. The maximum absolute atomic E-state index is 5.99. The van der Waals surface area contributed by atoms with E-state index in [9.17, 15) is 0 Å². The second-order valence-corrected chi connectivity index (χ2v) is 7.67. The van der Waals surface area contributed by atoms with Gasteiger partial charge in [-0.15, -0.1) is 0 Å². The van der Waals surface area contributed by atoms with Gasteiger partial charge in [-0.25, -0.2) is 0 Å². The van der Waals surface area contributed by atoms with E-state index in [1.807, 2.05) is 0 Å². The Labute approximate surface area is 107 Å². The fraction of sp³-hybridized carbons (Fsp3) is 1.00. The molecule has 0 spiro atoms. The minimum absolute atomic E-state index is 0.0680. The zero-order chi connectivity index (χ0) is 13.3. The highest BCUT2D eigenvalue weighted by atomic mass is 16.6. The first-order valence-corrected chi connectivity index (χ1v) is 6.86. The molecule has 1 saturated heterocycles. The molecule has 1 fully saturated rings. The second kappa shape index (κ2) is 5.27. The SMILES string of the molecule is CC1CC(CC(C)(C)C)C(COC(C)(C)C)O1. The van der Waals surface area contributed by atoms with Crippen molar-refractivity contribution < 1.29 is 9.47 Å². The topological polar surface area (TPSA) is 18.5 Å². The van der Waals surface area contributed by atoms with Gasteiger partial charge in [0.2, 0.25) is 0 Å². The van der Waals surface area contributed by atoms with Gasteiger partial charge in [0.25, 0.3) is 0 Å². The Kier molecular flexibility index (Phi) is 4.65. The molecule has 0 bridgehead atoms. The molecule has 1 heterocycles. The highest BCUT2D eigenvalue weighted by Crippen LogP contribution is 2.36. The van der Waals surface area contributed by atoms with Crippen LogP contribution < -0.4 is 0 Å². The van der Waals surface area contributed by atoms with Crippen molar-refractivity contribution in [1.82, 2.24) is 0 Å². The maximum atomic E-state index is 5.99. The third-order valence-corrected chi connectivity index (χ3v) is 3.12. The van der Waals surface area contributed by atoms with Gasteiger partial charge in [-0.1, -0.05) is 20.8 Å². The summed E-state index contributed by atoms with van der Waals surface area (Å²) in [6, 6.07) is 0. The van der Waals surface area contributed by atoms with Gasteiger partial charge in [-0.05, 0) is 51.9 Å². The minimum atomic E-state index is -0.0680. The van der Waals surface area contributed by atoms with Crippen LogP contribution >= 0.6 is 0 Å². The fourth-order valence-electron chi connectivity index (χ4n) is 2.55. The van der Waals surface area contributed by atoms with Crippen molar-refractivity contribution in [2.24, 2.45) is 11.3 Å². The first kappa shape index (κ1) is 15.0. The summed E-state index contributed by atoms with van der Waals surface area (Å²) in [4.78, 5) is 0. The summed E-state index contributed by atoms with van der Waals surface area (Å²) in [5.41, 5.74) is 0.305. The molecule has 17 heavy (non-hydrogen) atoms. The van der Waals surface area contributed by atoms with Crippen LogP contribution in [0.2, 0.25) is 0 Å². The predicted molar refractivity (Wildman–Crippen MR) is 72.2 cm³/mol. The highest BCUT2D eigenvalue weighted by Gasteiger charge is 2.36. The van der Waals surface area contributed by atoms with Crippen molar-refractivity contribution >= 4 is 0 Å². The number of rotatable bonds is 3. The van der Waals surface area contributed by atoms with E-state index in [2.05, 4.69) is 48.5 Å². The number of hydrogen-bond acceptors (Lipinski definition) is 2. The molecule has 0 saturated carbocycles. The summed E-state index contributed by atoms with van der Waals surface area (Å²) in [5.74, 6) is 0.646. The molecule has 2 heteroatoms. The van der Waals surface area contributed by atoms with Crippen LogP contribution in [-0.4, -0.2) is 24.4 Å². The molecule has 102 valence electrons. The van der Waals surface area contributed by atoms with E-state index in [0.29, 0.717) is 17.4 Å². The second-order valence-electron chi connectivity index (χ2n) is 7.67. The summed E-state index contributed by atoms with van der Waals surface area (Å²) < 4.78 is 11.9. The van der Waals surface area contributed by atoms with Crippen molar-refractivity contribution in [3.63, 3.8) is 0 Å². The molecule has 0 aromatic heterocycles. The van der Waals surface area contributed by atoms with Gasteiger partial charge in [-0.2, -0.15) is 0 Å². The van der Waals surface area contributed by atoms with Crippen molar-refractivity contribution in [2.75, 3.05) is 6.61 Å². The molecule has 0 N–H and O–H groups in total. The zero-order valence-corrected chi connectivity index (χ0v) is 12.7. The van der Waals surface area contributed by atoms with E-state index < -0.39 is 0 Å². The first-order chi connectivity index (χ1) is 7.57. The molecule has 0 aromatic rings. The predicted octanol–water partition coefficient (Wildman–Crippen LogP) is 4.03. The molecule has 1 rings (SSSR count). The van der Waals surface area contributed by atoms with Crippen LogP contribution in [0.1, 0.15) is 61.3 Å². The zero-order valence-electron chi connectivity index (χ0n) is 12.7. The third kappa shape index (κ3) is 5.87. The van der Waals surface area contributed by atoms with Crippen LogP contribution in [-0.2, 0) is 9.47 Å². The molecule has 3 atom stereocenters. The monoisotopic (exact) mass is 242 g/mol. The molecular formula is C15H30O2. The Bertz CT molecular complexity index is 234. The van der Waals surface area contributed by atoms with E-state index >= 15 is 0 Å². The van der Waals surface area contributed by atoms with Crippen LogP contribution in [0.25, 0.3) is 0 Å². The quantitative estimate of drug-likeness (QED) is 0.744. The molecule has 0 amide bonds. The molecule has 0 aliphatic carbocycles. The van der Waals surface area contributed by atoms with E-state index in [1.54, 1.807) is 0 Å². The van der Waals surface area contributed by atoms with Gasteiger partial charge in [-0.3, -0.25) is 0 Å². The van der Waals surface area contributed by atoms with Crippen molar-refractivity contribution in [1.29, 1.82) is 0 Å². The Morgan fingerprint density at radius 1 is 1.12 bits per heavy atom. The molecule has 1 aliphatic heterocycles. The van der Waals surface area contributed by atoms with Crippen LogP contribution in [0.5, 0.6) is 0 Å². The van der Waals surface area contributed by atoms with E-state index in [1.165, 1.54) is 12.8 Å².